The molecule has 0 spiro atoms. The van der Waals surface area contributed by atoms with Crippen LogP contribution in [0.2, 0.25) is 0 Å². The van der Waals surface area contributed by atoms with E-state index in [4.69, 9.17) is 4.74 Å². The SMILES string of the molecule is COc1cc(P2(=O)CCN(C3CC3)CC2)ccc1Nc1cc(C2CC2)c2c(C(F)(F)F)c[nH]c2n1. The molecule has 3 fully saturated rings. The molecule has 1 saturated heterocycles. The summed E-state index contributed by atoms with van der Waals surface area (Å²) in [6, 6.07) is 7.95. The van der Waals surface area contributed by atoms with E-state index in [9.17, 15) is 17.7 Å². The van der Waals surface area contributed by atoms with E-state index >= 15 is 0 Å². The Morgan fingerprint density at radius 3 is 2.51 bits per heavy atom. The van der Waals surface area contributed by atoms with Crippen LogP contribution in [0.3, 0.4) is 0 Å². The number of hydrogen-bond acceptors (Lipinski definition) is 5. The second-order valence-corrected chi connectivity index (χ2v) is 13.1. The van der Waals surface area contributed by atoms with Crippen LogP contribution in [0.1, 0.15) is 42.7 Å². The molecular weight excluding hydrogens is 476 g/mol. The molecule has 2 aliphatic carbocycles. The summed E-state index contributed by atoms with van der Waals surface area (Å²) >= 11 is 0. The van der Waals surface area contributed by atoms with Crippen molar-refractivity contribution in [1.82, 2.24) is 14.9 Å². The van der Waals surface area contributed by atoms with Crippen LogP contribution in [0.5, 0.6) is 5.75 Å². The van der Waals surface area contributed by atoms with Gasteiger partial charge in [0.05, 0.1) is 18.4 Å². The van der Waals surface area contributed by atoms with Crippen molar-refractivity contribution < 1.29 is 22.5 Å². The molecule has 0 bridgehead atoms. The minimum atomic E-state index is -4.44. The summed E-state index contributed by atoms with van der Waals surface area (Å²) in [5.41, 5.74) is 0.837. The minimum Gasteiger partial charge on any atom is -0.495 e. The van der Waals surface area contributed by atoms with E-state index in [1.54, 1.807) is 13.2 Å². The fraction of sp³-hybridized carbons (Fsp3) is 0.480. The second-order valence-electron chi connectivity index (χ2n) is 9.91. The van der Waals surface area contributed by atoms with Gasteiger partial charge < -0.3 is 19.6 Å². The second kappa shape index (κ2) is 8.27. The molecule has 186 valence electrons. The molecule has 1 aliphatic heterocycles. The van der Waals surface area contributed by atoms with Gasteiger partial charge >= 0.3 is 6.18 Å². The van der Waals surface area contributed by atoms with E-state index in [1.165, 1.54) is 12.8 Å². The van der Waals surface area contributed by atoms with Gasteiger partial charge in [-0.2, -0.15) is 13.2 Å². The maximum Gasteiger partial charge on any atom is 0.418 e. The fourth-order valence-corrected chi connectivity index (χ4v) is 7.81. The van der Waals surface area contributed by atoms with Gasteiger partial charge in [0.2, 0.25) is 0 Å². The Balaban J connectivity index is 1.29. The van der Waals surface area contributed by atoms with E-state index < -0.39 is 18.9 Å². The first kappa shape index (κ1) is 22.9. The summed E-state index contributed by atoms with van der Waals surface area (Å²) in [4.78, 5) is 9.58. The Bertz CT molecular complexity index is 1320. The molecule has 35 heavy (non-hydrogen) atoms. The molecule has 10 heteroatoms. The average molecular weight is 504 g/mol. The lowest BCUT2D eigenvalue weighted by Gasteiger charge is -2.32. The van der Waals surface area contributed by atoms with Gasteiger partial charge in [0.1, 0.15) is 24.4 Å². The van der Waals surface area contributed by atoms with Crippen molar-refractivity contribution in [3.8, 4) is 5.75 Å². The number of fused-ring (bicyclic) bond motifs is 1. The summed E-state index contributed by atoms with van der Waals surface area (Å²) < 4.78 is 59.9. The molecule has 6 nitrogen and oxygen atoms in total. The third-order valence-electron chi connectivity index (χ3n) is 7.47. The number of halogens is 3. The number of anilines is 2. The van der Waals surface area contributed by atoms with Crippen molar-refractivity contribution >= 4 is 35.0 Å². The van der Waals surface area contributed by atoms with Crippen LogP contribution < -0.4 is 15.4 Å². The summed E-state index contributed by atoms with van der Waals surface area (Å²) in [5.74, 6) is 1.10. The third-order valence-corrected chi connectivity index (χ3v) is 10.5. The van der Waals surface area contributed by atoms with Gasteiger partial charge in [0, 0.05) is 48.3 Å². The Hall–Kier alpha value is -2.51. The van der Waals surface area contributed by atoms with E-state index in [0.717, 1.165) is 37.4 Å². The molecule has 2 N–H and O–H groups in total. The normalized spacial score (nSPS) is 20.8. The highest BCUT2D eigenvalue weighted by Gasteiger charge is 2.38. The van der Waals surface area contributed by atoms with Crippen molar-refractivity contribution in [2.75, 3.05) is 37.8 Å². The molecule has 0 unspecified atom stereocenters. The topological polar surface area (TPSA) is 70.2 Å². The van der Waals surface area contributed by atoms with E-state index in [1.807, 2.05) is 18.2 Å². The number of aromatic nitrogens is 2. The molecule has 3 aliphatic rings. The van der Waals surface area contributed by atoms with Gasteiger partial charge in [-0.15, -0.1) is 0 Å². The summed E-state index contributed by atoms with van der Waals surface area (Å²) in [5, 5.41) is 4.20. The average Bonchev–Trinajstić information content (AvgIpc) is 3.76. The lowest BCUT2D eigenvalue weighted by molar-refractivity contribution is -0.136. The van der Waals surface area contributed by atoms with Crippen LogP contribution in [0.15, 0.2) is 30.5 Å². The molecular formula is C25H28F3N4O2P. The van der Waals surface area contributed by atoms with Crippen LogP contribution in [-0.4, -0.2) is 53.4 Å². The number of methoxy groups -OCH3 is 1. The number of hydrogen-bond donors (Lipinski definition) is 2. The van der Waals surface area contributed by atoms with Gasteiger partial charge in [0.25, 0.3) is 0 Å². The highest BCUT2D eigenvalue weighted by Crippen LogP contribution is 2.50. The number of nitrogens with zero attached hydrogens (tertiary/aromatic N) is 2. The predicted molar refractivity (Wildman–Crippen MR) is 131 cm³/mol. The molecule has 6 rings (SSSR count). The molecule has 2 saturated carbocycles. The first-order chi connectivity index (χ1) is 16.7. The zero-order chi connectivity index (χ0) is 24.4. The molecule has 3 heterocycles. The van der Waals surface area contributed by atoms with Crippen molar-refractivity contribution in [1.29, 1.82) is 0 Å². The molecule has 1 aromatic carbocycles. The van der Waals surface area contributed by atoms with Gasteiger partial charge in [0.15, 0.2) is 0 Å². The van der Waals surface area contributed by atoms with E-state index in [2.05, 4.69) is 20.2 Å². The highest BCUT2D eigenvalue weighted by molar-refractivity contribution is 7.71. The lowest BCUT2D eigenvalue weighted by atomic mass is 10.0. The summed E-state index contributed by atoms with van der Waals surface area (Å²) in [6.45, 7) is 1.74. The Labute approximate surface area is 201 Å². The van der Waals surface area contributed by atoms with Gasteiger partial charge in [-0.1, -0.05) is 0 Å². The monoisotopic (exact) mass is 504 g/mol. The number of aromatic amines is 1. The van der Waals surface area contributed by atoms with E-state index in [-0.39, 0.29) is 17.0 Å². The number of H-pyrrole nitrogens is 1. The van der Waals surface area contributed by atoms with Crippen LogP contribution in [0.25, 0.3) is 11.0 Å². The molecule has 0 radical (unpaired) electrons. The van der Waals surface area contributed by atoms with Crippen LogP contribution >= 0.6 is 7.14 Å². The quantitative estimate of drug-likeness (QED) is 0.423. The number of benzene rings is 1. The first-order valence-corrected chi connectivity index (χ1v) is 14.2. The van der Waals surface area contributed by atoms with Crippen LogP contribution in [-0.2, 0) is 10.7 Å². The largest absolute Gasteiger partial charge is 0.495 e. The minimum absolute atomic E-state index is 0.105. The first-order valence-electron chi connectivity index (χ1n) is 12.1. The Kier molecular flexibility index (Phi) is 5.42. The smallest absolute Gasteiger partial charge is 0.418 e. The van der Waals surface area contributed by atoms with Crippen molar-refractivity contribution in [3.05, 3.63) is 41.6 Å². The number of nitrogens with one attached hydrogen (secondary N) is 2. The highest BCUT2D eigenvalue weighted by atomic mass is 31.2. The predicted octanol–water partition coefficient (Wildman–Crippen LogP) is 5.68. The summed E-state index contributed by atoms with van der Waals surface area (Å²) in [6.07, 6.45) is 2.15. The van der Waals surface area contributed by atoms with E-state index in [0.29, 0.717) is 41.2 Å². The Morgan fingerprint density at radius 2 is 1.89 bits per heavy atom. The molecule has 0 atom stereocenters. The summed E-state index contributed by atoms with van der Waals surface area (Å²) in [7, 11) is -0.934. The van der Waals surface area contributed by atoms with Crippen molar-refractivity contribution in [2.24, 2.45) is 0 Å². The maximum absolute atomic E-state index is 13.7. The molecule has 0 amide bonds. The number of rotatable bonds is 6. The fourth-order valence-electron chi connectivity index (χ4n) is 5.21. The lowest BCUT2D eigenvalue weighted by Crippen LogP contribution is -2.38. The standard InChI is InChI=1S/C25H28F3N4O2P/c1-34-21-12-17(35(33)10-8-32(9-11-35)16-4-5-16)6-7-20(21)30-22-13-18(15-2-3-15)23-19(25(26,27)28)14-29-24(23)31-22/h6-7,12-16H,2-5,8-11H2,1H3,(H2,29,30,31). The van der Waals surface area contributed by atoms with Gasteiger partial charge in [-0.05, 0) is 61.4 Å². The zero-order valence-electron chi connectivity index (χ0n) is 19.5. The van der Waals surface area contributed by atoms with Crippen molar-refractivity contribution in [3.63, 3.8) is 0 Å². The zero-order valence-corrected chi connectivity index (χ0v) is 20.4. The van der Waals surface area contributed by atoms with Crippen LogP contribution in [0.4, 0.5) is 24.7 Å². The molecule has 3 aromatic rings. The van der Waals surface area contributed by atoms with Gasteiger partial charge in [-0.25, -0.2) is 4.98 Å². The molecule has 2 aromatic heterocycles. The van der Waals surface area contributed by atoms with Crippen molar-refractivity contribution in [2.45, 2.75) is 43.8 Å². The number of pyridine rings is 1. The Morgan fingerprint density at radius 1 is 1.14 bits per heavy atom. The third kappa shape index (κ3) is 4.33. The number of ether oxygens (including phenoxy) is 1. The van der Waals surface area contributed by atoms with Crippen LogP contribution in [0, 0.1) is 0 Å². The van der Waals surface area contributed by atoms with Gasteiger partial charge in [-0.3, -0.25) is 4.90 Å². The maximum atomic E-state index is 13.7. The number of alkyl halides is 3.